The highest BCUT2D eigenvalue weighted by Crippen LogP contribution is 2.28. The van der Waals surface area contributed by atoms with Crippen LogP contribution < -0.4 is 14.8 Å². The van der Waals surface area contributed by atoms with Crippen molar-refractivity contribution in [3.05, 3.63) is 53.9 Å². The van der Waals surface area contributed by atoms with Gasteiger partial charge in [-0.05, 0) is 30.7 Å². The van der Waals surface area contributed by atoms with E-state index in [4.69, 9.17) is 14.6 Å². The number of nitrogens with zero attached hydrogens (tertiary/aromatic N) is 1. The van der Waals surface area contributed by atoms with Crippen LogP contribution in [0, 0.1) is 0 Å². The van der Waals surface area contributed by atoms with Gasteiger partial charge in [-0.25, -0.2) is 0 Å². The molecule has 0 unspecified atom stereocenters. The summed E-state index contributed by atoms with van der Waals surface area (Å²) in [5.74, 6) is 1.39. The van der Waals surface area contributed by atoms with Crippen LogP contribution in [0.4, 0.5) is 0 Å². The summed E-state index contributed by atoms with van der Waals surface area (Å²) < 4.78 is 11.2. The summed E-state index contributed by atoms with van der Waals surface area (Å²) in [6, 6.07) is 9.72. The topological polar surface area (TPSA) is 63.6 Å². The second-order valence-corrected chi connectivity index (χ2v) is 5.10. The number of ether oxygens (including phenoxy) is 2. The third kappa shape index (κ3) is 4.72. The number of aliphatic hydroxyl groups is 1. The van der Waals surface area contributed by atoms with Gasteiger partial charge >= 0.3 is 0 Å². The number of hydrogen-bond donors (Lipinski definition) is 2. The summed E-state index contributed by atoms with van der Waals surface area (Å²) in [5.41, 5.74) is 2.07. The average Bonchev–Trinajstić information content (AvgIpc) is 2.58. The van der Waals surface area contributed by atoms with E-state index >= 15 is 0 Å². The van der Waals surface area contributed by atoms with E-state index in [9.17, 15) is 0 Å². The van der Waals surface area contributed by atoms with Gasteiger partial charge in [0.15, 0.2) is 11.5 Å². The van der Waals surface area contributed by atoms with Crippen LogP contribution >= 0.6 is 0 Å². The first-order chi connectivity index (χ1) is 10.7. The quantitative estimate of drug-likeness (QED) is 0.782. The van der Waals surface area contributed by atoms with E-state index in [0.717, 1.165) is 11.1 Å². The van der Waals surface area contributed by atoms with Gasteiger partial charge < -0.3 is 19.9 Å². The van der Waals surface area contributed by atoms with E-state index in [1.807, 2.05) is 37.3 Å². The van der Waals surface area contributed by atoms with Gasteiger partial charge in [0.1, 0.15) is 6.61 Å². The van der Waals surface area contributed by atoms with Crippen molar-refractivity contribution in [3.63, 3.8) is 0 Å². The first-order valence-electron chi connectivity index (χ1n) is 7.25. The van der Waals surface area contributed by atoms with E-state index in [2.05, 4.69) is 10.3 Å². The van der Waals surface area contributed by atoms with E-state index in [-0.39, 0.29) is 12.6 Å². The molecule has 2 N–H and O–H groups in total. The third-order valence-corrected chi connectivity index (χ3v) is 3.27. The Balaban J connectivity index is 2.04. The highest BCUT2D eigenvalue weighted by Gasteiger charge is 2.07. The van der Waals surface area contributed by atoms with Crippen molar-refractivity contribution in [1.82, 2.24) is 10.3 Å². The molecule has 0 saturated heterocycles. The molecule has 0 spiro atoms. The average molecular weight is 302 g/mol. The van der Waals surface area contributed by atoms with Crippen molar-refractivity contribution in [2.24, 2.45) is 0 Å². The van der Waals surface area contributed by atoms with Crippen molar-refractivity contribution in [2.75, 3.05) is 13.7 Å². The van der Waals surface area contributed by atoms with Gasteiger partial charge in [-0.15, -0.1) is 0 Å². The lowest BCUT2D eigenvalue weighted by Crippen LogP contribution is -2.28. The van der Waals surface area contributed by atoms with Gasteiger partial charge in [-0.1, -0.05) is 12.1 Å². The predicted molar refractivity (Wildman–Crippen MR) is 85.0 cm³/mol. The summed E-state index contributed by atoms with van der Waals surface area (Å²) in [4.78, 5) is 4.07. The number of hydrogen-bond acceptors (Lipinski definition) is 5. The van der Waals surface area contributed by atoms with Gasteiger partial charge in [-0.3, -0.25) is 4.98 Å². The molecule has 1 aromatic heterocycles. The highest BCUT2D eigenvalue weighted by molar-refractivity contribution is 5.43. The maximum absolute atomic E-state index is 9.05. The predicted octanol–water partition coefficient (Wildman–Crippen LogP) is 2.14. The molecule has 1 atom stereocenters. The lowest BCUT2D eigenvalue weighted by Gasteiger charge is -2.14. The Bertz CT molecular complexity index is 575. The fourth-order valence-corrected chi connectivity index (χ4v) is 1.95. The Labute approximate surface area is 130 Å². The maximum atomic E-state index is 9.05. The number of nitrogens with one attached hydrogen (secondary N) is 1. The van der Waals surface area contributed by atoms with E-state index in [1.54, 1.807) is 19.5 Å². The Morgan fingerprint density at radius 3 is 2.77 bits per heavy atom. The minimum atomic E-state index is 0.0573. The lowest BCUT2D eigenvalue weighted by molar-refractivity contribution is 0.251. The zero-order valence-corrected chi connectivity index (χ0v) is 13.0. The molecule has 0 aliphatic heterocycles. The van der Waals surface area contributed by atoms with Crippen LogP contribution in [-0.2, 0) is 13.2 Å². The molecule has 0 aliphatic rings. The van der Waals surface area contributed by atoms with Crippen LogP contribution in [0.25, 0.3) is 0 Å². The normalized spacial score (nSPS) is 12.0. The SMILES string of the molecule is COc1ccc(CN[C@H](C)CO)cc1OCc1cccnc1. The van der Waals surface area contributed by atoms with E-state index in [0.29, 0.717) is 24.7 Å². The number of aliphatic hydroxyl groups excluding tert-OH is 1. The zero-order valence-electron chi connectivity index (χ0n) is 13.0. The lowest BCUT2D eigenvalue weighted by atomic mass is 10.2. The van der Waals surface area contributed by atoms with Gasteiger partial charge in [0.05, 0.1) is 13.7 Å². The number of methoxy groups -OCH3 is 1. The molecule has 22 heavy (non-hydrogen) atoms. The third-order valence-electron chi connectivity index (χ3n) is 3.27. The Morgan fingerprint density at radius 1 is 1.23 bits per heavy atom. The fraction of sp³-hybridized carbons (Fsp3) is 0.353. The van der Waals surface area contributed by atoms with Gasteiger partial charge in [0, 0.05) is 30.5 Å². The largest absolute Gasteiger partial charge is 0.493 e. The Hall–Kier alpha value is -2.11. The van der Waals surface area contributed by atoms with Crippen LogP contribution in [0.5, 0.6) is 11.5 Å². The van der Waals surface area contributed by atoms with E-state index in [1.165, 1.54) is 0 Å². The molecule has 5 heteroatoms. The first kappa shape index (κ1) is 16.3. The molecular formula is C17H22N2O3. The molecule has 1 heterocycles. The van der Waals surface area contributed by atoms with Gasteiger partial charge in [0.25, 0.3) is 0 Å². The van der Waals surface area contributed by atoms with Crippen molar-refractivity contribution in [2.45, 2.75) is 26.1 Å². The highest BCUT2D eigenvalue weighted by atomic mass is 16.5. The molecule has 118 valence electrons. The minimum Gasteiger partial charge on any atom is -0.493 e. The Morgan fingerprint density at radius 2 is 2.09 bits per heavy atom. The Kier molecular flexibility index (Phi) is 6.18. The van der Waals surface area contributed by atoms with Crippen LogP contribution in [0.15, 0.2) is 42.7 Å². The number of benzene rings is 1. The summed E-state index contributed by atoms with van der Waals surface area (Å²) in [7, 11) is 1.62. The maximum Gasteiger partial charge on any atom is 0.161 e. The number of rotatable bonds is 8. The first-order valence-corrected chi connectivity index (χ1v) is 7.25. The van der Waals surface area contributed by atoms with Crippen molar-refractivity contribution in [3.8, 4) is 11.5 Å². The summed E-state index contributed by atoms with van der Waals surface area (Å²) >= 11 is 0. The number of aromatic nitrogens is 1. The summed E-state index contributed by atoms with van der Waals surface area (Å²) in [6.07, 6.45) is 3.51. The summed E-state index contributed by atoms with van der Waals surface area (Å²) in [5, 5.41) is 12.3. The minimum absolute atomic E-state index is 0.0573. The second-order valence-electron chi connectivity index (χ2n) is 5.10. The molecule has 0 aliphatic carbocycles. The molecule has 2 aromatic rings. The molecule has 0 radical (unpaired) electrons. The van der Waals surface area contributed by atoms with Crippen molar-refractivity contribution < 1.29 is 14.6 Å². The van der Waals surface area contributed by atoms with Gasteiger partial charge in [0.2, 0.25) is 0 Å². The van der Waals surface area contributed by atoms with Crippen molar-refractivity contribution in [1.29, 1.82) is 0 Å². The van der Waals surface area contributed by atoms with Crippen LogP contribution in [0.2, 0.25) is 0 Å². The molecule has 0 fully saturated rings. The molecule has 0 amide bonds. The summed E-state index contributed by atoms with van der Waals surface area (Å²) in [6.45, 7) is 3.15. The van der Waals surface area contributed by atoms with Crippen LogP contribution in [-0.4, -0.2) is 29.8 Å². The van der Waals surface area contributed by atoms with Crippen LogP contribution in [0.3, 0.4) is 0 Å². The van der Waals surface area contributed by atoms with Crippen molar-refractivity contribution >= 4 is 0 Å². The smallest absolute Gasteiger partial charge is 0.161 e. The molecule has 5 nitrogen and oxygen atoms in total. The monoisotopic (exact) mass is 302 g/mol. The molecule has 0 bridgehead atoms. The molecule has 2 rings (SSSR count). The second kappa shape index (κ2) is 8.36. The number of pyridine rings is 1. The van der Waals surface area contributed by atoms with Gasteiger partial charge in [-0.2, -0.15) is 0 Å². The fourth-order valence-electron chi connectivity index (χ4n) is 1.95. The molecular weight excluding hydrogens is 280 g/mol. The van der Waals surface area contributed by atoms with Crippen LogP contribution in [0.1, 0.15) is 18.1 Å². The van der Waals surface area contributed by atoms with E-state index < -0.39 is 0 Å². The molecule has 0 saturated carbocycles. The molecule has 1 aromatic carbocycles. The zero-order chi connectivity index (χ0) is 15.8. The standard InChI is InChI=1S/C17H22N2O3/c1-13(11-20)19-10-14-5-6-16(21-2)17(8-14)22-12-15-4-3-7-18-9-15/h3-9,13,19-20H,10-12H2,1-2H3/t13-/m1/s1.